The molecular weight excluding hydrogens is 368 g/mol. The topological polar surface area (TPSA) is 58.2 Å². The van der Waals surface area contributed by atoms with Gasteiger partial charge in [0.1, 0.15) is 0 Å². The SMILES string of the molecule is C[C@@H](N[C@H]1CNS(=O)(=O)c2ccccc21)c1cccc2ccccc12.Cl. The van der Waals surface area contributed by atoms with Gasteiger partial charge in [0.25, 0.3) is 0 Å². The number of fused-ring (bicyclic) bond motifs is 2. The van der Waals surface area contributed by atoms with Crippen LogP contribution >= 0.6 is 12.4 Å². The van der Waals surface area contributed by atoms with Gasteiger partial charge in [-0.2, -0.15) is 0 Å². The first-order valence-electron chi connectivity index (χ1n) is 8.38. The number of rotatable bonds is 3. The zero-order valence-corrected chi connectivity index (χ0v) is 16.0. The highest BCUT2D eigenvalue weighted by Gasteiger charge is 2.30. The highest BCUT2D eigenvalue weighted by Crippen LogP contribution is 2.30. The Bertz CT molecular complexity index is 1030. The summed E-state index contributed by atoms with van der Waals surface area (Å²) in [5, 5.41) is 6.02. The molecule has 3 aromatic carbocycles. The van der Waals surface area contributed by atoms with E-state index >= 15 is 0 Å². The molecule has 6 heteroatoms. The second kappa shape index (κ2) is 7.37. The van der Waals surface area contributed by atoms with E-state index in [9.17, 15) is 8.42 Å². The summed E-state index contributed by atoms with van der Waals surface area (Å²) in [5.74, 6) is 0. The van der Waals surface area contributed by atoms with Crippen molar-refractivity contribution < 1.29 is 8.42 Å². The minimum Gasteiger partial charge on any atom is -0.302 e. The molecule has 0 bridgehead atoms. The lowest BCUT2D eigenvalue weighted by Gasteiger charge is -2.30. The van der Waals surface area contributed by atoms with Crippen LogP contribution in [0.5, 0.6) is 0 Å². The van der Waals surface area contributed by atoms with Gasteiger partial charge in [0.15, 0.2) is 0 Å². The second-order valence-corrected chi connectivity index (χ2v) is 8.13. The number of benzene rings is 3. The van der Waals surface area contributed by atoms with E-state index in [4.69, 9.17) is 0 Å². The Kier molecular flexibility index (Phi) is 5.34. The summed E-state index contributed by atoms with van der Waals surface area (Å²) < 4.78 is 27.1. The first-order valence-corrected chi connectivity index (χ1v) is 9.87. The van der Waals surface area contributed by atoms with Crippen molar-refractivity contribution in [3.63, 3.8) is 0 Å². The summed E-state index contributed by atoms with van der Waals surface area (Å²) in [5.41, 5.74) is 2.04. The highest BCUT2D eigenvalue weighted by molar-refractivity contribution is 7.89. The Hall–Kier alpha value is -1.92. The number of hydrogen-bond donors (Lipinski definition) is 2. The Balaban J connectivity index is 0.00000196. The van der Waals surface area contributed by atoms with Gasteiger partial charge in [0.2, 0.25) is 10.0 Å². The van der Waals surface area contributed by atoms with E-state index in [2.05, 4.69) is 47.3 Å². The van der Waals surface area contributed by atoms with Gasteiger partial charge in [-0.05, 0) is 34.9 Å². The summed E-state index contributed by atoms with van der Waals surface area (Å²) in [6.07, 6.45) is 0. The Labute approximate surface area is 160 Å². The molecule has 0 spiro atoms. The molecule has 0 radical (unpaired) electrons. The lowest BCUT2D eigenvalue weighted by Crippen LogP contribution is -2.41. The lowest BCUT2D eigenvalue weighted by molar-refractivity contribution is 0.444. The first kappa shape index (κ1) is 18.9. The molecule has 4 rings (SSSR count). The molecule has 1 aliphatic heterocycles. The average Bonchev–Trinajstić information content (AvgIpc) is 2.64. The summed E-state index contributed by atoms with van der Waals surface area (Å²) >= 11 is 0. The van der Waals surface area contributed by atoms with Gasteiger partial charge in [-0.25, -0.2) is 13.1 Å². The van der Waals surface area contributed by atoms with Crippen LogP contribution < -0.4 is 10.0 Å². The number of nitrogens with one attached hydrogen (secondary N) is 2. The molecule has 3 aromatic rings. The Morgan fingerprint density at radius 1 is 1.00 bits per heavy atom. The molecule has 2 N–H and O–H groups in total. The van der Waals surface area contributed by atoms with Crippen LogP contribution in [0.4, 0.5) is 0 Å². The van der Waals surface area contributed by atoms with Gasteiger partial charge >= 0.3 is 0 Å². The summed E-state index contributed by atoms with van der Waals surface area (Å²) in [4.78, 5) is 0.365. The van der Waals surface area contributed by atoms with Crippen molar-refractivity contribution in [1.29, 1.82) is 0 Å². The lowest BCUT2D eigenvalue weighted by atomic mass is 9.98. The van der Waals surface area contributed by atoms with E-state index in [0.717, 1.165) is 5.56 Å². The first-order chi connectivity index (χ1) is 12.1. The van der Waals surface area contributed by atoms with E-state index in [-0.39, 0.29) is 24.5 Å². The van der Waals surface area contributed by atoms with Gasteiger partial charge in [-0.1, -0.05) is 60.7 Å². The van der Waals surface area contributed by atoms with Crippen LogP contribution in [0.15, 0.2) is 71.6 Å². The van der Waals surface area contributed by atoms with Gasteiger partial charge in [0.05, 0.1) is 4.90 Å². The van der Waals surface area contributed by atoms with Crippen molar-refractivity contribution in [2.24, 2.45) is 0 Å². The molecule has 0 amide bonds. The normalized spacial score (nSPS) is 19.3. The average molecular weight is 389 g/mol. The van der Waals surface area contributed by atoms with E-state index in [1.165, 1.54) is 16.3 Å². The van der Waals surface area contributed by atoms with Gasteiger partial charge in [-0.15, -0.1) is 12.4 Å². The monoisotopic (exact) mass is 388 g/mol. The van der Waals surface area contributed by atoms with Crippen LogP contribution in [-0.2, 0) is 10.0 Å². The molecule has 2 atom stereocenters. The van der Waals surface area contributed by atoms with Crippen LogP contribution in [0.25, 0.3) is 10.8 Å². The van der Waals surface area contributed by atoms with Crippen LogP contribution in [-0.4, -0.2) is 15.0 Å². The maximum absolute atomic E-state index is 12.2. The molecule has 0 saturated carbocycles. The van der Waals surface area contributed by atoms with E-state index in [0.29, 0.717) is 11.4 Å². The van der Waals surface area contributed by atoms with E-state index in [1.54, 1.807) is 12.1 Å². The maximum atomic E-state index is 12.2. The van der Waals surface area contributed by atoms with Crippen molar-refractivity contribution in [2.45, 2.75) is 23.9 Å². The second-order valence-electron chi connectivity index (χ2n) is 6.40. The predicted molar refractivity (Wildman–Crippen MR) is 107 cm³/mol. The van der Waals surface area contributed by atoms with Crippen LogP contribution in [0.3, 0.4) is 0 Å². The molecule has 4 nitrogen and oxygen atoms in total. The van der Waals surface area contributed by atoms with E-state index < -0.39 is 10.0 Å². The number of sulfonamides is 1. The molecule has 0 saturated heterocycles. The minimum absolute atomic E-state index is 0. The fraction of sp³-hybridized carbons (Fsp3) is 0.200. The van der Waals surface area contributed by atoms with Gasteiger partial charge in [-0.3, -0.25) is 0 Å². The molecule has 0 unspecified atom stereocenters. The summed E-state index contributed by atoms with van der Waals surface area (Å²) in [7, 11) is -3.40. The third-order valence-electron chi connectivity index (χ3n) is 4.80. The molecule has 0 fully saturated rings. The zero-order valence-electron chi connectivity index (χ0n) is 14.3. The van der Waals surface area contributed by atoms with Gasteiger partial charge < -0.3 is 5.32 Å². The zero-order chi connectivity index (χ0) is 17.4. The highest BCUT2D eigenvalue weighted by atomic mass is 35.5. The molecule has 136 valence electrons. The van der Waals surface area contributed by atoms with Crippen LogP contribution in [0.2, 0.25) is 0 Å². The number of halogens is 1. The Morgan fingerprint density at radius 3 is 2.54 bits per heavy atom. The third-order valence-corrected chi connectivity index (χ3v) is 6.30. The van der Waals surface area contributed by atoms with Crippen molar-refractivity contribution >= 4 is 33.2 Å². The van der Waals surface area contributed by atoms with Crippen LogP contribution in [0, 0.1) is 0 Å². The molecule has 1 aliphatic rings. The van der Waals surface area contributed by atoms with E-state index in [1.807, 2.05) is 24.3 Å². The Morgan fingerprint density at radius 2 is 1.69 bits per heavy atom. The molecular formula is C20H21ClN2O2S. The predicted octanol–water partition coefficient (Wildman–Crippen LogP) is 3.95. The molecule has 0 aliphatic carbocycles. The van der Waals surface area contributed by atoms with Crippen molar-refractivity contribution in [3.05, 3.63) is 77.9 Å². The molecule has 0 aromatic heterocycles. The summed E-state index contributed by atoms with van der Waals surface area (Å²) in [6.45, 7) is 2.47. The quantitative estimate of drug-likeness (QED) is 0.714. The van der Waals surface area contributed by atoms with Gasteiger partial charge in [0, 0.05) is 18.6 Å². The summed E-state index contributed by atoms with van der Waals surface area (Å²) in [6, 6.07) is 21.8. The van der Waals surface area contributed by atoms with Crippen molar-refractivity contribution in [2.75, 3.05) is 6.54 Å². The smallest absolute Gasteiger partial charge is 0.240 e. The minimum atomic E-state index is -3.40. The largest absolute Gasteiger partial charge is 0.302 e. The van der Waals surface area contributed by atoms with Crippen molar-refractivity contribution in [3.8, 4) is 0 Å². The third kappa shape index (κ3) is 3.35. The molecule has 1 heterocycles. The van der Waals surface area contributed by atoms with Crippen LogP contribution in [0.1, 0.15) is 30.1 Å². The van der Waals surface area contributed by atoms with Crippen molar-refractivity contribution in [1.82, 2.24) is 10.0 Å². The standard InChI is InChI=1S/C20H20N2O2S.ClH/c1-14(16-11-6-8-15-7-2-3-9-17(15)16)22-19-13-21-25(23,24)20-12-5-4-10-18(19)20;/h2-12,14,19,21-22H,13H2,1H3;1H/t14-,19+;/m1./s1. The fourth-order valence-corrected chi connectivity index (χ4v) is 4.88. The molecule has 26 heavy (non-hydrogen) atoms. The maximum Gasteiger partial charge on any atom is 0.240 e. The fourth-order valence-electron chi connectivity index (χ4n) is 3.56. The number of hydrogen-bond acceptors (Lipinski definition) is 3.